The van der Waals surface area contributed by atoms with E-state index >= 15 is 14.4 Å². The number of rotatable bonds is 11. The van der Waals surface area contributed by atoms with E-state index in [1.54, 1.807) is 37.9 Å². The number of fused-ring (bicyclic) bond motifs is 4. The lowest BCUT2D eigenvalue weighted by Gasteiger charge is -2.48. The van der Waals surface area contributed by atoms with E-state index in [0.717, 1.165) is 24.0 Å². The third-order valence-electron chi connectivity index (χ3n) is 19.3. The van der Waals surface area contributed by atoms with Crippen molar-refractivity contribution in [2.45, 2.75) is 212 Å². The summed E-state index contributed by atoms with van der Waals surface area (Å²) >= 11 is 0. The summed E-state index contributed by atoms with van der Waals surface area (Å²) in [7, 11) is 3.11. The molecule has 436 valence electrons. The van der Waals surface area contributed by atoms with Gasteiger partial charge >= 0.3 is 11.9 Å². The van der Waals surface area contributed by atoms with Crippen LogP contribution in [-0.4, -0.2) is 164 Å². The van der Waals surface area contributed by atoms with Crippen LogP contribution in [0.15, 0.2) is 18.2 Å². The smallest absolute Gasteiger partial charge is 0.329 e. The van der Waals surface area contributed by atoms with Crippen molar-refractivity contribution < 1.29 is 57.7 Å². The van der Waals surface area contributed by atoms with E-state index in [-0.39, 0.29) is 93.5 Å². The number of methoxy groups -OCH3 is 1. The van der Waals surface area contributed by atoms with Crippen LogP contribution in [0, 0.1) is 45.6 Å². The van der Waals surface area contributed by atoms with Crippen LogP contribution in [-0.2, 0) is 60.8 Å². The summed E-state index contributed by atoms with van der Waals surface area (Å²) in [6.07, 6.45) is -0.406. The second-order valence-corrected chi connectivity index (χ2v) is 25.9. The molecule has 0 bridgehead atoms. The van der Waals surface area contributed by atoms with Crippen LogP contribution in [0.1, 0.15) is 150 Å². The number of aliphatic hydroxyl groups is 1. The number of hydrogen-bond donors (Lipinski definition) is 4. The molecule has 1 aromatic carbocycles. The minimum absolute atomic E-state index is 0.0133. The molecule has 4 aliphatic carbocycles. The molecule has 21 nitrogen and oxygen atoms in total. The Balaban J connectivity index is 1.08. The molecule has 79 heavy (non-hydrogen) atoms. The number of carbonyl (C=O) groups is 8. The maximum atomic E-state index is 15.6. The Bertz CT molecular complexity index is 2580. The number of likely N-dealkylation sites (N-methyl/N-ethyl adjacent to an activating group) is 1. The van der Waals surface area contributed by atoms with Gasteiger partial charge < -0.3 is 55.2 Å². The van der Waals surface area contributed by atoms with Gasteiger partial charge in [0.25, 0.3) is 5.91 Å². The molecule has 9 rings (SSSR count). The maximum Gasteiger partial charge on any atom is 0.329 e. The average molecular weight is 1100 g/mol. The van der Waals surface area contributed by atoms with Gasteiger partial charge in [-0.1, -0.05) is 68.4 Å². The molecule has 6 amide bonds. The van der Waals surface area contributed by atoms with E-state index < -0.39 is 118 Å². The Morgan fingerprint density at radius 3 is 2.22 bits per heavy atom. The summed E-state index contributed by atoms with van der Waals surface area (Å²) in [6.45, 7) is 17.2. The molecule has 1 aromatic rings. The van der Waals surface area contributed by atoms with Crippen molar-refractivity contribution >= 4 is 47.4 Å². The first-order valence-electron chi connectivity index (χ1n) is 29.0. The van der Waals surface area contributed by atoms with Gasteiger partial charge in [0, 0.05) is 44.6 Å². The highest BCUT2D eigenvalue weighted by atomic mass is 16.6. The van der Waals surface area contributed by atoms with E-state index in [9.17, 15) is 34.3 Å². The lowest BCUT2D eigenvalue weighted by Crippen LogP contribution is -2.61. The molecule has 21 heteroatoms. The van der Waals surface area contributed by atoms with Gasteiger partial charge in [-0.3, -0.25) is 38.7 Å². The van der Waals surface area contributed by atoms with Gasteiger partial charge in [0.15, 0.2) is 6.10 Å². The van der Waals surface area contributed by atoms with Crippen molar-refractivity contribution in [1.29, 1.82) is 0 Å². The number of carbonyl (C=O) groups excluding carboxylic acids is 8. The van der Waals surface area contributed by atoms with Gasteiger partial charge in [-0.25, -0.2) is 9.80 Å². The summed E-state index contributed by atoms with van der Waals surface area (Å²) in [5.74, 6) is -5.40. The monoisotopic (exact) mass is 1100 g/mol. The average Bonchev–Trinajstić information content (AvgIpc) is 2.85. The first-order chi connectivity index (χ1) is 37.2. The molecule has 8 aliphatic rings. The van der Waals surface area contributed by atoms with E-state index in [4.69, 9.17) is 14.2 Å². The molecule has 0 aromatic heterocycles. The van der Waals surface area contributed by atoms with Crippen LogP contribution >= 0.6 is 0 Å². The standard InChI is InChI=1S/C58H85N8O13/c1-31(2)24-41(62(10)50(71)39-14-12-22-63(39)54(75)55(9)18-19-55)48(69)59-43-29-57(43)53(74)61-58(34(7)35(58)8)44(67)28-46(68)78-47(33(5)6)49(70)60-45(25-32(3)4)66(76)65-23-13-15-40(65)51(72)64-30-37-26-38(77-11)17-16-36(37)27-42(64)52(73)79-56(57)20-21-56/h16-17,26,31-35,39-45,47,67H,12-15,18-25,27-30H2,1-11H3,(H,59,69)(H,60,70)(H,61,74)/q-1/t34?,35?,39-,40-,41+,42?,43?,44-,45+,47-,57?,58?/m0/s1. The summed E-state index contributed by atoms with van der Waals surface area (Å²) < 4.78 is 18.1. The van der Waals surface area contributed by atoms with Gasteiger partial charge in [0.1, 0.15) is 40.9 Å². The minimum atomic E-state index is -1.61. The first-order valence-corrected chi connectivity index (χ1v) is 29.0. The van der Waals surface area contributed by atoms with Crippen molar-refractivity contribution in [3.63, 3.8) is 0 Å². The number of hydrogen-bond acceptors (Lipinski definition) is 15. The third-order valence-corrected chi connectivity index (χ3v) is 19.3. The zero-order chi connectivity index (χ0) is 57.4. The number of hydroxylamine groups is 1. The SMILES string of the molecule is COc1ccc2c(c1)CN1C(=O)[C@@H]3CCCN3N([O-])[C@H](CC(C)C)NC(=O)[C@H](C(C)C)OC(=O)C[C@H](O)C3(NC(=O)C4(CC4NC(=O)[C@@H](CC(C)C)N(C)C(=O)[C@@H]4CCCN4C(=O)C4(C)CC4)C4(CC4)OC(=O)C1C2)C(C)C3C. The van der Waals surface area contributed by atoms with E-state index in [2.05, 4.69) is 16.0 Å². The number of ether oxygens (including phenoxy) is 3. The zero-order valence-electron chi connectivity index (χ0n) is 48.1. The number of hydrazine groups is 1. The normalized spacial score (nSPS) is 34.0. The highest BCUT2D eigenvalue weighted by Crippen LogP contribution is 2.67. The largest absolute Gasteiger partial charge is 0.770 e. The van der Waals surface area contributed by atoms with Crippen LogP contribution in [0.2, 0.25) is 0 Å². The summed E-state index contributed by atoms with van der Waals surface area (Å²) in [5, 5.41) is 38.0. The number of nitrogens with zero attached hydrogens (tertiary/aromatic N) is 5. The van der Waals surface area contributed by atoms with Crippen LogP contribution in [0.3, 0.4) is 0 Å². The molecule has 4 heterocycles. The quantitative estimate of drug-likeness (QED) is 0.231. The van der Waals surface area contributed by atoms with Crippen LogP contribution in [0.4, 0.5) is 0 Å². The van der Waals surface area contributed by atoms with Gasteiger partial charge in [0.2, 0.25) is 29.5 Å². The molecule has 3 spiro atoms. The van der Waals surface area contributed by atoms with Crippen molar-refractivity contribution in [3.05, 3.63) is 34.5 Å². The predicted molar refractivity (Wildman–Crippen MR) is 287 cm³/mol. The molecular weight excluding hydrogens is 1020 g/mol. The number of aliphatic hydroxyl groups excluding tert-OH is 1. The fourth-order valence-electron chi connectivity index (χ4n) is 13.6. The molecule has 11 atom stereocenters. The number of cyclic esters (lactones) is 1. The zero-order valence-corrected chi connectivity index (χ0v) is 48.1. The van der Waals surface area contributed by atoms with Crippen molar-refractivity contribution in [2.24, 2.45) is 40.4 Å². The first kappa shape index (κ1) is 58.3. The Labute approximate surface area is 464 Å². The fourth-order valence-corrected chi connectivity index (χ4v) is 13.6. The van der Waals surface area contributed by atoms with Gasteiger partial charge in [-0.15, -0.1) is 0 Å². The number of amides is 6. The van der Waals surface area contributed by atoms with Gasteiger partial charge in [-0.05, 0) is 123 Å². The molecule has 7 fully saturated rings. The number of esters is 2. The fraction of sp³-hybridized carbons (Fsp3) is 0.759. The Kier molecular flexibility index (Phi) is 16.1. The predicted octanol–water partition coefficient (Wildman–Crippen LogP) is 3.70. The molecule has 5 unspecified atom stereocenters. The number of nitrogens with one attached hydrogen (secondary N) is 3. The molecule has 3 saturated heterocycles. The van der Waals surface area contributed by atoms with E-state index in [1.807, 2.05) is 54.5 Å². The second kappa shape index (κ2) is 21.8. The van der Waals surface area contributed by atoms with E-state index in [0.29, 0.717) is 36.7 Å². The van der Waals surface area contributed by atoms with Crippen LogP contribution in [0.25, 0.3) is 0 Å². The number of likely N-dealkylation sites (tertiary alicyclic amines) is 1. The Hall–Kier alpha value is -5.38. The molecule has 4 N–H and O–H groups in total. The van der Waals surface area contributed by atoms with Crippen molar-refractivity contribution in [2.75, 3.05) is 27.2 Å². The molecular formula is C58H85N8O13-. The third kappa shape index (κ3) is 10.7. The van der Waals surface area contributed by atoms with Crippen LogP contribution in [0.5, 0.6) is 5.75 Å². The molecule has 4 aliphatic heterocycles. The topological polar surface area (TPSA) is 260 Å². The molecule has 4 saturated carbocycles. The lowest BCUT2D eigenvalue weighted by atomic mass is 9.90. The highest BCUT2D eigenvalue weighted by molar-refractivity contribution is 5.97. The second-order valence-electron chi connectivity index (χ2n) is 25.9. The van der Waals surface area contributed by atoms with E-state index in [1.165, 1.54) is 21.9 Å². The Morgan fingerprint density at radius 2 is 1.61 bits per heavy atom. The summed E-state index contributed by atoms with van der Waals surface area (Å²) in [6, 6.07) is 0.493. The summed E-state index contributed by atoms with van der Waals surface area (Å²) in [4.78, 5) is 122. The van der Waals surface area contributed by atoms with Crippen molar-refractivity contribution in [1.82, 2.24) is 40.8 Å². The number of benzene rings is 1. The lowest BCUT2D eigenvalue weighted by molar-refractivity contribution is -0.171. The van der Waals surface area contributed by atoms with Gasteiger partial charge in [-0.2, -0.15) is 0 Å². The highest BCUT2D eigenvalue weighted by Gasteiger charge is 2.80. The summed E-state index contributed by atoms with van der Waals surface area (Å²) in [5.41, 5.74) is -3.49. The van der Waals surface area contributed by atoms with Gasteiger partial charge in [0.05, 0.1) is 31.3 Å². The Morgan fingerprint density at radius 1 is 0.924 bits per heavy atom. The maximum absolute atomic E-state index is 15.6. The van der Waals surface area contributed by atoms with Crippen molar-refractivity contribution in [3.8, 4) is 5.75 Å². The molecule has 0 radical (unpaired) electrons. The minimum Gasteiger partial charge on any atom is -0.770 e. The van der Waals surface area contributed by atoms with Crippen LogP contribution < -0.4 is 20.7 Å².